The van der Waals surface area contributed by atoms with E-state index in [9.17, 15) is 0 Å². The standard InChI is InChI=1S/C19H26N2/c1-3-4-6-11-19(17-9-7-5-8-10-17)21-15-18-12-13-20-14-16(18)2/h5,7-10,12-14,19,21H,3-4,6,11,15H2,1-2H3. The Balaban J connectivity index is 2.00. The largest absolute Gasteiger partial charge is 0.306 e. The molecule has 0 spiro atoms. The summed E-state index contributed by atoms with van der Waals surface area (Å²) >= 11 is 0. The molecule has 2 aromatic rings. The smallest absolute Gasteiger partial charge is 0.0323 e. The Labute approximate surface area is 128 Å². The van der Waals surface area contributed by atoms with Crippen LogP contribution < -0.4 is 5.32 Å². The first-order chi connectivity index (χ1) is 10.3. The molecule has 0 bridgehead atoms. The summed E-state index contributed by atoms with van der Waals surface area (Å²) in [4.78, 5) is 4.16. The van der Waals surface area contributed by atoms with Crippen molar-refractivity contribution < 1.29 is 0 Å². The minimum atomic E-state index is 0.435. The van der Waals surface area contributed by atoms with Crippen molar-refractivity contribution in [2.75, 3.05) is 0 Å². The molecule has 0 saturated heterocycles. The van der Waals surface area contributed by atoms with Gasteiger partial charge in [-0.2, -0.15) is 0 Å². The normalized spacial score (nSPS) is 12.3. The number of aromatic nitrogens is 1. The van der Waals surface area contributed by atoms with Crippen molar-refractivity contribution in [3.8, 4) is 0 Å². The molecule has 1 aromatic heterocycles. The number of nitrogens with one attached hydrogen (secondary N) is 1. The van der Waals surface area contributed by atoms with E-state index >= 15 is 0 Å². The van der Waals surface area contributed by atoms with Crippen LogP contribution in [0.15, 0.2) is 48.8 Å². The molecular weight excluding hydrogens is 256 g/mol. The molecule has 0 fully saturated rings. The van der Waals surface area contributed by atoms with Gasteiger partial charge in [-0.15, -0.1) is 0 Å². The van der Waals surface area contributed by atoms with Crippen LogP contribution in [-0.4, -0.2) is 4.98 Å². The molecule has 0 radical (unpaired) electrons. The fourth-order valence-electron chi connectivity index (χ4n) is 2.60. The van der Waals surface area contributed by atoms with Crippen LogP contribution in [0.2, 0.25) is 0 Å². The maximum Gasteiger partial charge on any atom is 0.0323 e. The van der Waals surface area contributed by atoms with Crippen molar-refractivity contribution in [2.45, 2.75) is 52.1 Å². The van der Waals surface area contributed by atoms with Gasteiger partial charge in [0.2, 0.25) is 0 Å². The molecule has 2 heteroatoms. The van der Waals surface area contributed by atoms with E-state index in [1.165, 1.54) is 42.4 Å². The molecule has 1 aromatic carbocycles. The van der Waals surface area contributed by atoms with Crippen molar-refractivity contribution in [3.05, 3.63) is 65.5 Å². The third-order valence-corrected chi connectivity index (χ3v) is 3.97. The number of benzene rings is 1. The summed E-state index contributed by atoms with van der Waals surface area (Å²) in [5, 5.41) is 3.72. The lowest BCUT2D eigenvalue weighted by Gasteiger charge is -2.20. The molecule has 112 valence electrons. The monoisotopic (exact) mass is 282 g/mol. The number of hydrogen-bond acceptors (Lipinski definition) is 2. The Morgan fingerprint density at radius 2 is 1.90 bits per heavy atom. The van der Waals surface area contributed by atoms with Crippen molar-refractivity contribution in [1.29, 1.82) is 0 Å². The molecule has 1 atom stereocenters. The molecule has 1 N–H and O–H groups in total. The van der Waals surface area contributed by atoms with Crippen LogP contribution in [0.1, 0.15) is 55.3 Å². The number of pyridine rings is 1. The Kier molecular flexibility index (Phi) is 6.42. The minimum Gasteiger partial charge on any atom is -0.306 e. The second kappa shape index (κ2) is 8.58. The van der Waals surface area contributed by atoms with Crippen LogP contribution >= 0.6 is 0 Å². The van der Waals surface area contributed by atoms with Crippen LogP contribution in [-0.2, 0) is 6.54 Å². The third-order valence-electron chi connectivity index (χ3n) is 3.97. The van der Waals surface area contributed by atoms with Crippen LogP contribution in [0.25, 0.3) is 0 Å². The summed E-state index contributed by atoms with van der Waals surface area (Å²) in [5.41, 5.74) is 3.98. The topological polar surface area (TPSA) is 24.9 Å². The van der Waals surface area contributed by atoms with Crippen LogP contribution in [0.3, 0.4) is 0 Å². The molecule has 0 aliphatic heterocycles. The number of unbranched alkanes of at least 4 members (excludes halogenated alkanes) is 2. The minimum absolute atomic E-state index is 0.435. The zero-order valence-electron chi connectivity index (χ0n) is 13.2. The Morgan fingerprint density at radius 3 is 2.62 bits per heavy atom. The fraction of sp³-hybridized carbons (Fsp3) is 0.421. The number of aryl methyl sites for hydroxylation is 1. The van der Waals surface area contributed by atoms with Gasteiger partial charge in [0.15, 0.2) is 0 Å². The maximum absolute atomic E-state index is 4.16. The van der Waals surface area contributed by atoms with E-state index in [-0.39, 0.29) is 0 Å². The van der Waals surface area contributed by atoms with E-state index in [4.69, 9.17) is 0 Å². The molecule has 0 amide bonds. The predicted octanol–water partition coefficient (Wildman–Crippen LogP) is 4.80. The number of rotatable bonds is 8. The van der Waals surface area contributed by atoms with Gasteiger partial charge in [-0.05, 0) is 36.1 Å². The summed E-state index contributed by atoms with van der Waals surface area (Å²) in [5.74, 6) is 0. The fourth-order valence-corrected chi connectivity index (χ4v) is 2.60. The first kappa shape index (κ1) is 15.7. The second-order valence-electron chi connectivity index (χ2n) is 5.64. The van der Waals surface area contributed by atoms with Gasteiger partial charge in [0.25, 0.3) is 0 Å². The molecule has 1 unspecified atom stereocenters. The Hall–Kier alpha value is -1.67. The predicted molar refractivity (Wildman–Crippen MR) is 89.1 cm³/mol. The zero-order valence-corrected chi connectivity index (χ0v) is 13.2. The van der Waals surface area contributed by atoms with Crippen LogP contribution in [0.5, 0.6) is 0 Å². The Bertz CT molecular complexity index is 522. The zero-order chi connectivity index (χ0) is 14.9. The average Bonchev–Trinajstić information content (AvgIpc) is 2.53. The van der Waals surface area contributed by atoms with Gasteiger partial charge in [-0.25, -0.2) is 0 Å². The number of hydrogen-bond donors (Lipinski definition) is 1. The third kappa shape index (κ3) is 4.98. The molecule has 1 heterocycles. The van der Waals surface area contributed by atoms with Gasteiger partial charge < -0.3 is 5.32 Å². The lowest BCUT2D eigenvalue weighted by molar-refractivity contribution is 0.473. The van der Waals surface area contributed by atoms with E-state index in [0.717, 1.165) is 6.54 Å². The maximum atomic E-state index is 4.16. The van der Waals surface area contributed by atoms with E-state index in [1.54, 1.807) is 0 Å². The van der Waals surface area contributed by atoms with Gasteiger partial charge >= 0.3 is 0 Å². The summed E-state index contributed by atoms with van der Waals surface area (Å²) in [6.07, 6.45) is 8.86. The lowest BCUT2D eigenvalue weighted by atomic mass is 10.00. The first-order valence-electron chi connectivity index (χ1n) is 7.99. The molecule has 0 saturated carbocycles. The van der Waals surface area contributed by atoms with E-state index in [1.807, 2.05) is 12.4 Å². The lowest BCUT2D eigenvalue weighted by Crippen LogP contribution is -2.21. The van der Waals surface area contributed by atoms with E-state index in [0.29, 0.717) is 6.04 Å². The molecule has 2 rings (SSSR count). The summed E-state index contributed by atoms with van der Waals surface area (Å²) in [7, 11) is 0. The van der Waals surface area contributed by atoms with Gasteiger partial charge in [0.1, 0.15) is 0 Å². The molecule has 0 aliphatic carbocycles. The average molecular weight is 282 g/mol. The van der Waals surface area contributed by atoms with E-state index in [2.05, 4.69) is 60.5 Å². The van der Waals surface area contributed by atoms with Crippen molar-refractivity contribution in [3.63, 3.8) is 0 Å². The van der Waals surface area contributed by atoms with Crippen molar-refractivity contribution >= 4 is 0 Å². The SMILES string of the molecule is CCCCCC(NCc1ccncc1C)c1ccccc1. The van der Waals surface area contributed by atoms with Gasteiger partial charge in [-0.1, -0.05) is 56.5 Å². The highest BCUT2D eigenvalue weighted by molar-refractivity contribution is 5.23. The van der Waals surface area contributed by atoms with Gasteiger partial charge in [0.05, 0.1) is 0 Å². The summed E-state index contributed by atoms with van der Waals surface area (Å²) in [6, 6.07) is 13.3. The van der Waals surface area contributed by atoms with Crippen LogP contribution in [0, 0.1) is 6.92 Å². The van der Waals surface area contributed by atoms with Crippen molar-refractivity contribution in [2.24, 2.45) is 0 Å². The van der Waals surface area contributed by atoms with Gasteiger partial charge in [0, 0.05) is 25.0 Å². The second-order valence-corrected chi connectivity index (χ2v) is 5.64. The van der Waals surface area contributed by atoms with E-state index < -0.39 is 0 Å². The quantitative estimate of drug-likeness (QED) is 0.703. The van der Waals surface area contributed by atoms with Crippen LogP contribution in [0.4, 0.5) is 0 Å². The molecule has 0 aliphatic rings. The molecular formula is C19H26N2. The van der Waals surface area contributed by atoms with Gasteiger partial charge in [-0.3, -0.25) is 4.98 Å². The summed E-state index contributed by atoms with van der Waals surface area (Å²) in [6.45, 7) is 5.28. The van der Waals surface area contributed by atoms with Crippen molar-refractivity contribution in [1.82, 2.24) is 10.3 Å². The molecule has 21 heavy (non-hydrogen) atoms. The molecule has 2 nitrogen and oxygen atoms in total. The number of nitrogens with zero attached hydrogens (tertiary/aromatic N) is 1. The highest BCUT2D eigenvalue weighted by atomic mass is 14.9. The first-order valence-corrected chi connectivity index (χ1v) is 7.99. The highest BCUT2D eigenvalue weighted by Gasteiger charge is 2.10. The highest BCUT2D eigenvalue weighted by Crippen LogP contribution is 2.20. The summed E-state index contributed by atoms with van der Waals surface area (Å²) < 4.78 is 0. The Morgan fingerprint density at radius 1 is 1.10 bits per heavy atom.